The highest BCUT2D eigenvalue weighted by Crippen LogP contribution is 2.47. The topological polar surface area (TPSA) is 48.9 Å². The van der Waals surface area contributed by atoms with Crippen LogP contribution in [0.5, 0.6) is 0 Å². The maximum absolute atomic E-state index is 12.9. The third-order valence-corrected chi connectivity index (χ3v) is 5.19. The summed E-state index contributed by atoms with van der Waals surface area (Å²) in [7, 11) is 0. The molecule has 0 spiro atoms. The molecule has 0 saturated carbocycles. The number of hydrogen-bond acceptors (Lipinski definition) is 2. The predicted octanol–water partition coefficient (Wildman–Crippen LogP) is 2.12. The highest BCUT2D eigenvalue weighted by Gasteiger charge is 2.43. The second-order valence-electron chi connectivity index (χ2n) is 6.47. The van der Waals surface area contributed by atoms with Crippen molar-refractivity contribution in [2.45, 2.75) is 32.0 Å². The largest absolute Gasteiger partial charge is 0.348 e. The normalized spacial score (nSPS) is 19.7. The summed E-state index contributed by atoms with van der Waals surface area (Å²) >= 11 is 0. The molecule has 2 bridgehead atoms. The molecule has 0 radical (unpaired) electrons. The second kappa shape index (κ2) is 4.60. The summed E-state index contributed by atoms with van der Waals surface area (Å²) in [5.74, 6) is 0. The van der Waals surface area contributed by atoms with Gasteiger partial charge in [-0.05, 0) is 28.7 Å². The summed E-state index contributed by atoms with van der Waals surface area (Å²) < 4.78 is 4.69. The standard InChI is InChI=1S/C19H17N3O2/c1-2-11-20-18(23)21-16-12-7-3-4-8-13(12)17(22(21)19(20)24)15-10-6-5-9-14(15)16/h3-10,16-17H,2,11H2,1H3. The molecule has 2 aliphatic heterocycles. The zero-order valence-corrected chi connectivity index (χ0v) is 13.3. The first-order valence-corrected chi connectivity index (χ1v) is 8.35. The summed E-state index contributed by atoms with van der Waals surface area (Å²) in [6.07, 6.45) is 0.758. The van der Waals surface area contributed by atoms with Gasteiger partial charge >= 0.3 is 11.4 Å². The quantitative estimate of drug-likeness (QED) is 0.500. The zero-order valence-electron chi connectivity index (χ0n) is 13.3. The van der Waals surface area contributed by atoms with Crippen molar-refractivity contribution >= 4 is 0 Å². The predicted molar refractivity (Wildman–Crippen MR) is 90.6 cm³/mol. The van der Waals surface area contributed by atoms with Crippen LogP contribution in [0.3, 0.4) is 0 Å². The second-order valence-corrected chi connectivity index (χ2v) is 6.47. The lowest BCUT2D eigenvalue weighted by Gasteiger charge is -2.41. The van der Waals surface area contributed by atoms with Crippen molar-refractivity contribution in [1.29, 1.82) is 0 Å². The van der Waals surface area contributed by atoms with Crippen LogP contribution in [-0.2, 0) is 6.54 Å². The van der Waals surface area contributed by atoms with E-state index in [1.165, 1.54) is 4.57 Å². The molecule has 0 fully saturated rings. The van der Waals surface area contributed by atoms with Gasteiger partial charge < -0.3 is 0 Å². The van der Waals surface area contributed by atoms with Crippen molar-refractivity contribution in [3.8, 4) is 0 Å². The third-order valence-electron chi connectivity index (χ3n) is 5.19. The van der Waals surface area contributed by atoms with Gasteiger partial charge in [-0.1, -0.05) is 55.5 Å². The maximum Gasteiger partial charge on any atom is 0.348 e. The van der Waals surface area contributed by atoms with Gasteiger partial charge in [-0.15, -0.1) is 0 Å². The number of aromatic nitrogens is 3. The van der Waals surface area contributed by atoms with Gasteiger partial charge in [0.25, 0.3) is 0 Å². The minimum atomic E-state index is -0.222. The molecule has 120 valence electrons. The smallest absolute Gasteiger partial charge is 0.246 e. The first-order valence-electron chi connectivity index (χ1n) is 8.35. The van der Waals surface area contributed by atoms with Crippen molar-refractivity contribution in [2.24, 2.45) is 0 Å². The van der Waals surface area contributed by atoms with Crippen molar-refractivity contribution in [3.63, 3.8) is 0 Å². The van der Waals surface area contributed by atoms with E-state index < -0.39 is 0 Å². The van der Waals surface area contributed by atoms with Gasteiger partial charge in [0, 0.05) is 6.54 Å². The van der Waals surface area contributed by atoms with Gasteiger partial charge in [0.2, 0.25) is 0 Å². The van der Waals surface area contributed by atoms with Crippen LogP contribution in [0.4, 0.5) is 0 Å². The van der Waals surface area contributed by atoms with E-state index in [4.69, 9.17) is 0 Å². The van der Waals surface area contributed by atoms with Gasteiger partial charge in [-0.25, -0.2) is 23.5 Å². The molecule has 1 aromatic heterocycles. The van der Waals surface area contributed by atoms with E-state index >= 15 is 0 Å². The van der Waals surface area contributed by atoms with E-state index in [-0.39, 0.29) is 23.5 Å². The average molecular weight is 319 g/mol. The van der Waals surface area contributed by atoms with Crippen LogP contribution in [0, 0.1) is 0 Å². The van der Waals surface area contributed by atoms with Gasteiger partial charge in [-0.2, -0.15) is 0 Å². The van der Waals surface area contributed by atoms with Crippen LogP contribution >= 0.6 is 0 Å². The van der Waals surface area contributed by atoms with E-state index in [0.717, 1.165) is 28.7 Å². The zero-order chi connectivity index (χ0) is 16.4. The van der Waals surface area contributed by atoms with Crippen LogP contribution in [0.25, 0.3) is 0 Å². The van der Waals surface area contributed by atoms with Crippen molar-refractivity contribution < 1.29 is 0 Å². The Kier molecular flexibility index (Phi) is 2.61. The summed E-state index contributed by atoms with van der Waals surface area (Å²) in [6.45, 7) is 2.43. The van der Waals surface area contributed by atoms with Crippen LogP contribution in [-0.4, -0.2) is 13.9 Å². The fourth-order valence-corrected chi connectivity index (χ4v) is 4.28. The van der Waals surface area contributed by atoms with Crippen molar-refractivity contribution in [2.75, 3.05) is 0 Å². The molecule has 3 heterocycles. The Hall–Kier alpha value is -2.82. The minimum absolute atomic E-state index is 0.208. The van der Waals surface area contributed by atoms with E-state index in [2.05, 4.69) is 24.3 Å². The van der Waals surface area contributed by atoms with Crippen molar-refractivity contribution in [1.82, 2.24) is 13.9 Å². The molecule has 3 aliphatic rings. The van der Waals surface area contributed by atoms with Crippen LogP contribution < -0.4 is 11.4 Å². The van der Waals surface area contributed by atoms with Crippen LogP contribution in [0.2, 0.25) is 0 Å². The third kappa shape index (κ3) is 1.45. The van der Waals surface area contributed by atoms with Gasteiger partial charge in [0.1, 0.15) is 12.1 Å². The monoisotopic (exact) mass is 319 g/mol. The molecule has 0 unspecified atom stereocenters. The lowest BCUT2D eigenvalue weighted by molar-refractivity contribution is 0.350. The molecule has 5 heteroatoms. The molecule has 24 heavy (non-hydrogen) atoms. The summed E-state index contributed by atoms with van der Waals surface area (Å²) in [5.41, 5.74) is 4.07. The van der Waals surface area contributed by atoms with Crippen LogP contribution in [0.1, 0.15) is 47.7 Å². The SMILES string of the molecule is CCCn1c(=O)n2n(c1=O)C1c3ccccc3C2c2ccccc21. The fourth-order valence-electron chi connectivity index (χ4n) is 4.28. The Labute approximate surface area is 138 Å². The van der Waals surface area contributed by atoms with E-state index in [0.29, 0.717) is 6.54 Å². The first-order chi connectivity index (χ1) is 11.7. The summed E-state index contributed by atoms with van der Waals surface area (Å²) in [4.78, 5) is 25.9. The molecular weight excluding hydrogens is 302 g/mol. The summed E-state index contributed by atoms with van der Waals surface area (Å²) in [5, 5.41) is 0. The first kappa shape index (κ1) is 13.6. The van der Waals surface area contributed by atoms with Crippen molar-refractivity contribution in [3.05, 3.63) is 91.8 Å². The maximum atomic E-state index is 12.9. The van der Waals surface area contributed by atoms with E-state index in [1.54, 1.807) is 9.36 Å². The number of rotatable bonds is 2. The minimum Gasteiger partial charge on any atom is -0.246 e. The molecule has 0 N–H and O–H groups in total. The van der Waals surface area contributed by atoms with Gasteiger partial charge in [-0.3, -0.25) is 0 Å². The van der Waals surface area contributed by atoms with Crippen LogP contribution in [0.15, 0.2) is 58.1 Å². The highest BCUT2D eigenvalue weighted by molar-refractivity contribution is 5.54. The Bertz CT molecular complexity index is 957. The molecule has 0 amide bonds. The number of nitrogens with zero attached hydrogens (tertiary/aromatic N) is 3. The van der Waals surface area contributed by atoms with E-state index in [1.807, 2.05) is 31.2 Å². The van der Waals surface area contributed by atoms with E-state index in [9.17, 15) is 9.59 Å². The Morgan fingerprint density at radius 1 is 0.750 bits per heavy atom. The lowest BCUT2D eigenvalue weighted by atomic mass is 9.78. The Morgan fingerprint density at radius 3 is 1.46 bits per heavy atom. The molecule has 0 atom stereocenters. The molecule has 6 rings (SSSR count). The Morgan fingerprint density at radius 2 is 1.12 bits per heavy atom. The van der Waals surface area contributed by atoms with Gasteiger partial charge in [0.15, 0.2) is 0 Å². The molecule has 3 aromatic rings. The highest BCUT2D eigenvalue weighted by atomic mass is 16.2. The molecule has 0 saturated heterocycles. The van der Waals surface area contributed by atoms with Gasteiger partial charge in [0.05, 0.1) is 0 Å². The molecule has 1 aliphatic carbocycles. The molecule has 2 aromatic carbocycles. The average Bonchev–Trinajstić information content (AvgIpc) is 2.88. The Balaban J connectivity index is 1.92. The fraction of sp³-hybridized carbons (Fsp3) is 0.263. The number of hydrogen-bond donors (Lipinski definition) is 0. The summed E-state index contributed by atoms with van der Waals surface area (Å²) in [6, 6.07) is 15.8. The molecular formula is C19H17N3O2. The molecule has 5 nitrogen and oxygen atoms in total. The number of benzene rings is 2. The lowest BCUT2D eigenvalue weighted by Crippen LogP contribution is -2.44.